The molecule has 0 aliphatic rings. The van der Waals surface area contributed by atoms with E-state index in [1.54, 1.807) is 18.3 Å². The van der Waals surface area contributed by atoms with Crippen molar-refractivity contribution in [3.63, 3.8) is 0 Å². The molecule has 4 nitrogen and oxygen atoms in total. The largest absolute Gasteiger partial charge is 0.478 e. The Bertz CT molecular complexity index is 845. The van der Waals surface area contributed by atoms with Crippen LogP contribution < -0.4 is 0 Å². The topological polar surface area (TPSA) is 55.1 Å². The van der Waals surface area contributed by atoms with Crippen molar-refractivity contribution in [2.75, 3.05) is 0 Å². The molecular formula is C18H18N2O2. The minimum atomic E-state index is -0.924. The van der Waals surface area contributed by atoms with Crippen LogP contribution in [0.1, 0.15) is 35.8 Å². The molecule has 0 bridgehead atoms. The van der Waals surface area contributed by atoms with Crippen molar-refractivity contribution in [3.05, 3.63) is 53.9 Å². The van der Waals surface area contributed by atoms with Gasteiger partial charge in [-0.25, -0.2) is 4.79 Å². The second kappa shape index (κ2) is 5.30. The lowest BCUT2D eigenvalue weighted by Gasteiger charge is -2.11. The van der Waals surface area contributed by atoms with Crippen molar-refractivity contribution in [1.82, 2.24) is 9.55 Å². The summed E-state index contributed by atoms with van der Waals surface area (Å²) in [5.41, 5.74) is 3.93. The van der Waals surface area contributed by atoms with Gasteiger partial charge in [-0.1, -0.05) is 6.07 Å². The summed E-state index contributed by atoms with van der Waals surface area (Å²) in [6.07, 6.45) is 3.80. The highest BCUT2D eigenvalue weighted by molar-refractivity contribution is 6.01. The Hall–Kier alpha value is -2.62. The highest BCUT2D eigenvalue weighted by Gasteiger charge is 2.15. The molecule has 0 saturated heterocycles. The van der Waals surface area contributed by atoms with Crippen LogP contribution in [-0.4, -0.2) is 20.6 Å². The monoisotopic (exact) mass is 294 g/mol. The first kappa shape index (κ1) is 14.3. The predicted octanol–water partition coefficient (Wildman–Crippen LogP) is 4.29. The van der Waals surface area contributed by atoms with E-state index in [4.69, 9.17) is 0 Å². The number of rotatable bonds is 3. The predicted molar refractivity (Wildman–Crippen MR) is 87.3 cm³/mol. The number of aryl methyl sites for hydroxylation is 1. The lowest BCUT2D eigenvalue weighted by molar-refractivity contribution is 0.0697. The summed E-state index contributed by atoms with van der Waals surface area (Å²) in [7, 11) is 0. The number of carboxylic acid groups (broad SMARTS) is 1. The summed E-state index contributed by atoms with van der Waals surface area (Å²) in [6, 6.07) is 9.64. The third kappa shape index (κ3) is 2.37. The molecule has 0 aliphatic carbocycles. The van der Waals surface area contributed by atoms with Crippen molar-refractivity contribution in [2.24, 2.45) is 0 Å². The normalized spacial score (nSPS) is 11.3. The maximum atomic E-state index is 11.5. The van der Waals surface area contributed by atoms with Gasteiger partial charge in [-0.15, -0.1) is 0 Å². The van der Waals surface area contributed by atoms with Crippen molar-refractivity contribution < 1.29 is 9.90 Å². The first-order valence-corrected chi connectivity index (χ1v) is 7.28. The Kier molecular flexibility index (Phi) is 3.45. The van der Waals surface area contributed by atoms with Crippen LogP contribution in [0.5, 0.6) is 0 Å². The molecule has 0 spiro atoms. The van der Waals surface area contributed by atoms with E-state index in [1.807, 2.05) is 31.3 Å². The van der Waals surface area contributed by atoms with Crippen LogP contribution in [0.15, 0.2) is 42.7 Å². The first-order valence-electron chi connectivity index (χ1n) is 7.28. The second-order valence-electron chi connectivity index (χ2n) is 5.80. The molecule has 0 aliphatic heterocycles. The summed E-state index contributed by atoms with van der Waals surface area (Å²) in [5.74, 6) is -0.924. The maximum Gasteiger partial charge on any atom is 0.335 e. The number of aromatic carboxylic acids is 1. The molecule has 0 radical (unpaired) electrons. The molecule has 2 heterocycles. The highest BCUT2D eigenvalue weighted by Crippen LogP contribution is 2.31. The van der Waals surface area contributed by atoms with Crippen molar-refractivity contribution in [2.45, 2.75) is 26.8 Å². The van der Waals surface area contributed by atoms with Crippen LogP contribution in [0, 0.1) is 6.92 Å². The zero-order valence-corrected chi connectivity index (χ0v) is 12.9. The van der Waals surface area contributed by atoms with E-state index >= 15 is 0 Å². The number of benzene rings is 1. The Labute approximate surface area is 129 Å². The quantitative estimate of drug-likeness (QED) is 0.784. The Morgan fingerprint density at radius 1 is 1.23 bits per heavy atom. The third-order valence-electron chi connectivity index (χ3n) is 3.83. The van der Waals surface area contributed by atoms with Gasteiger partial charge in [-0.05, 0) is 50.6 Å². The lowest BCUT2D eigenvalue weighted by Crippen LogP contribution is -2.02. The summed E-state index contributed by atoms with van der Waals surface area (Å²) >= 11 is 0. The zero-order valence-electron chi connectivity index (χ0n) is 12.9. The molecule has 112 valence electrons. The molecule has 1 N–H and O–H groups in total. The summed E-state index contributed by atoms with van der Waals surface area (Å²) < 4.78 is 2.08. The highest BCUT2D eigenvalue weighted by atomic mass is 16.4. The van der Waals surface area contributed by atoms with Gasteiger partial charge in [-0.2, -0.15) is 0 Å². The average Bonchev–Trinajstić information content (AvgIpc) is 2.91. The lowest BCUT2D eigenvalue weighted by atomic mass is 10.0. The number of hydrogen-bond donors (Lipinski definition) is 1. The van der Waals surface area contributed by atoms with Gasteiger partial charge in [0.2, 0.25) is 0 Å². The SMILES string of the molecule is Cc1ccc(-c2cc(C(=O)O)cc3c2ccn3C(C)C)nc1. The van der Waals surface area contributed by atoms with Crippen LogP contribution >= 0.6 is 0 Å². The van der Waals surface area contributed by atoms with Gasteiger partial charge in [0.1, 0.15) is 0 Å². The average molecular weight is 294 g/mol. The van der Waals surface area contributed by atoms with Crippen LogP contribution in [0.3, 0.4) is 0 Å². The van der Waals surface area contributed by atoms with Crippen LogP contribution in [0.4, 0.5) is 0 Å². The zero-order chi connectivity index (χ0) is 15.9. The van der Waals surface area contributed by atoms with Gasteiger partial charge in [0, 0.05) is 34.9 Å². The Morgan fingerprint density at radius 3 is 2.59 bits per heavy atom. The molecule has 2 aromatic heterocycles. The summed E-state index contributed by atoms with van der Waals surface area (Å²) in [5, 5.41) is 10.4. The van der Waals surface area contributed by atoms with E-state index in [1.165, 1.54) is 0 Å². The number of fused-ring (bicyclic) bond motifs is 1. The smallest absolute Gasteiger partial charge is 0.335 e. The fraction of sp³-hybridized carbons (Fsp3) is 0.222. The Morgan fingerprint density at radius 2 is 2.00 bits per heavy atom. The van der Waals surface area contributed by atoms with E-state index in [2.05, 4.69) is 23.4 Å². The number of nitrogens with zero attached hydrogens (tertiary/aromatic N) is 2. The molecule has 1 aromatic carbocycles. The first-order chi connectivity index (χ1) is 10.5. The number of aromatic nitrogens is 2. The molecule has 3 rings (SSSR count). The van der Waals surface area contributed by atoms with Gasteiger partial charge in [-0.3, -0.25) is 4.98 Å². The van der Waals surface area contributed by atoms with E-state index in [0.717, 1.165) is 27.7 Å². The van der Waals surface area contributed by atoms with E-state index in [-0.39, 0.29) is 11.6 Å². The number of carboxylic acids is 1. The molecular weight excluding hydrogens is 276 g/mol. The number of hydrogen-bond acceptors (Lipinski definition) is 2. The molecule has 0 atom stereocenters. The van der Waals surface area contributed by atoms with Gasteiger partial charge >= 0.3 is 5.97 Å². The van der Waals surface area contributed by atoms with Gasteiger partial charge in [0.15, 0.2) is 0 Å². The molecule has 4 heteroatoms. The second-order valence-corrected chi connectivity index (χ2v) is 5.80. The number of carbonyl (C=O) groups is 1. The Balaban J connectivity index is 2.32. The van der Waals surface area contributed by atoms with Crippen molar-refractivity contribution in [1.29, 1.82) is 0 Å². The minimum absolute atomic E-state index is 0.264. The van der Waals surface area contributed by atoms with Gasteiger partial charge < -0.3 is 9.67 Å². The standard InChI is InChI=1S/C18H18N2O2/c1-11(2)20-7-6-14-15(16-5-4-12(3)10-19-16)8-13(18(21)22)9-17(14)20/h4-11H,1-3H3,(H,21,22). The fourth-order valence-electron chi connectivity index (χ4n) is 2.67. The summed E-state index contributed by atoms with van der Waals surface area (Å²) in [6.45, 7) is 6.14. The summed E-state index contributed by atoms with van der Waals surface area (Å²) in [4.78, 5) is 15.9. The van der Waals surface area contributed by atoms with Crippen molar-refractivity contribution in [3.8, 4) is 11.3 Å². The van der Waals surface area contributed by atoms with E-state index in [9.17, 15) is 9.90 Å². The molecule has 0 saturated carbocycles. The van der Waals surface area contributed by atoms with E-state index in [0.29, 0.717) is 0 Å². The minimum Gasteiger partial charge on any atom is -0.478 e. The van der Waals surface area contributed by atoms with Gasteiger partial charge in [0.25, 0.3) is 0 Å². The van der Waals surface area contributed by atoms with Gasteiger partial charge in [0.05, 0.1) is 11.3 Å². The fourth-order valence-corrected chi connectivity index (χ4v) is 2.67. The molecule has 0 unspecified atom stereocenters. The molecule has 0 fully saturated rings. The molecule has 22 heavy (non-hydrogen) atoms. The molecule has 0 amide bonds. The number of pyridine rings is 1. The molecule has 3 aromatic rings. The van der Waals surface area contributed by atoms with Crippen LogP contribution in [0.2, 0.25) is 0 Å². The van der Waals surface area contributed by atoms with Crippen LogP contribution in [-0.2, 0) is 0 Å². The van der Waals surface area contributed by atoms with Crippen molar-refractivity contribution >= 4 is 16.9 Å². The maximum absolute atomic E-state index is 11.5. The van der Waals surface area contributed by atoms with Crippen LogP contribution in [0.25, 0.3) is 22.2 Å². The van der Waals surface area contributed by atoms with E-state index < -0.39 is 5.97 Å². The third-order valence-corrected chi connectivity index (χ3v) is 3.83.